The quantitative estimate of drug-likeness (QED) is 0.653. The first-order valence-corrected chi connectivity index (χ1v) is 7.89. The van der Waals surface area contributed by atoms with Gasteiger partial charge >= 0.3 is 0 Å². The maximum absolute atomic E-state index is 11.5. The maximum atomic E-state index is 11.5. The van der Waals surface area contributed by atoms with E-state index in [0.717, 1.165) is 43.6 Å². The monoisotopic (exact) mass is 258 g/mol. The van der Waals surface area contributed by atoms with Crippen molar-refractivity contribution in [2.24, 2.45) is 11.8 Å². The molecular formula is C13H26N2OS. The molecule has 17 heavy (non-hydrogen) atoms. The Kier molecular flexibility index (Phi) is 7.69. The van der Waals surface area contributed by atoms with Crippen LogP contribution < -0.4 is 10.6 Å². The molecule has 1 saturated heterocycles. The van der Waals surface area contributed by atoms with Crippen LogP contribution in [0.4, 0.5) is 0 Å². The van der Waals surface area contributed by atoms with E-state index in [1.807, 2.05) is 0 Å². The average molecular weight is 258 g/mol. The molecule has 2 N–H and O–H groups in total. The molecule has 1 heterocycles. The highest BCUT2D eigenvalue weighted by molar-refractivity contribution is 7.99. The molecule has 1 aliphatic rings. The summed E-state index contributed by atoms with van der Waals surface area (Å²) in [5, 5.41) is 6.36. The summed E-state index contributed by atoms with van der Waals surface area (Å²) in [6.07, 6.45) is 3.58. The predicted molar refractivity (Wildman–Crippen MR) is 75.4 cm³/mol. The lowest BCUT2D eigenvalue weighted by Gasteiger charge is -2.09. The molecule has 1 fully saturated rings. The van der Waals surface area contributed by atoms with Gasteiger partial charge < -0.3 is 10.6 Å². The topological polar surface area (TPSA) is 41.1 Å². The maximum Gasteiger partial charge on any atom is 0.229 e. The molecule has 0 bridgehead atoms. The molecule has 0 saturated carbocycles. The Morgan fingerprint density at radius 1 is 1.53 bits per heavy atom. The molecule has 1 atom stereocenters. The van der Waals surface area contributed by atoms with E-state index >= 15 is 0 Å². The first-order chi connectivity index (χ1) is 8.18. The Bertz CT molecular complexity index is 215. The third-order valence-electron chi connectivity index (χ3n) is 3.11. The molecule has 1 rings (SSSR count). The molecule has 0 aliphatic carbocycles. The molecule has 0 aromatic carbocycles. The van der Waals surface area contributed by atoms with Gasteiger partial charge in [-0.25, -0.2) is 0 Å². The molecule has 0 aromatic heterocycles. The summed E-state index contributed by atoms with van der Waals surface area (Å²) in [7, 11) is 0. The van der Waals surface area contributed by atoms with Crippen molar-refractivity contribution < 1.29 is 4.79 Å². The summed E-state index contributed by atoms with van der Waals surface area (Å²) >= 11 is 1.75. The van der Waals surface area contributed by atoms with Crippen molar-refractivity contribution in [3.05, 3.63) is 0 Å². The lowest BCUT2D eigenvalue weighted by Crippen LogP contribution is -2.28. The van der Waals surface area contributed by atoms with Crippen LogP contribution in [-0.2, 0) is 4.79 Å². The number of thioether (sulfide) groups is 1. The number of hydrogen-bond acceptors (Lipinski definition) is 3. The van der Waals surface area contributed by atoms with Gasteiger partial charge in [-0.1, -0.05) is 13.8 Å². The van der Waals surface area contributed by atoms with Crippen LogP contribution in [-0.4, -0.2) is 37.0 Å². The Morgan fingerprint density at radius 3 is 3.00 bits per heavy atom. The van der Waals surface area contributed by atoms with E-state index in [4.69, 9.17) is 0 Å². The van der Waals surface area contributed by atoms with Gasteiger partial charge in [0.2, 0.25) is 5.91 Å². The molecule has 0 spiro atoms. The fraction of sp³-hybridized carbons (Fsp3) is 0.923. The van der Waals surface area contributed by atoms with E-state index in [1.165, 1.54) is 12.8 Å². The van der Waals surface area contributed by atoms with Crippen LogP contribution in [0.2, 0.25) is 0 Å². The second-order valence-electron chi connectivity index (χ2n) is 5.23. The van der Waals surface area contributed by atoms with Gasteiger partial charge in [0.1, 0.15) is 0 Å². The number of rotatable bonds is 8. The summed E-state index contributed by atoms with van der Waals surface area (Å²) in [4.78, 5) is 11.5. The SMILES string of the molecule is CC(C)CCSCC(=O)NCCC1CCNC1. The number of carbonyl (C=O) groups is 1. The van der Waals surface area contributed by atoms with E-state index in [2.05, 4.69) is 24.5 Å². The Hall–Kier alpha value is -0.220. The van der Waals surface area contributed by atoms with Crippen molar-refractivity contribution in [2.45, 2.75) is 33.1 Å². The summed E-state index contributed by atoms with van der Waals surface area (Å²) in [5.41, 5.74) is 0. The number of carbonyl (C=O) groups excluding carboxylic acids is 1. The lowest BCUT2D eigenvalue weighted by atomic mass is 10.1. The molecule has 3 nitrogen and oxygen atoms in total. The van der Waals surface area contributed by atoms with Crippen molar-refractivity contribution in [3.63, 3.8) is 0 Å². The van der Waals surface area contributed by atoms with Crippen molar-refractivity contribution in [2.75, 3.05) is 31.1 Å². The minimum absolute atomic E-state index is 0.199. The lowest BCUT2D eigenvalue weighted by molar-refractivity contribution is -0.118. The van der Waals surface area contributed by atoms with Gasteiger partial charge in [-0.05, 0) is 49.9 Å². The number of amides is 1. The normalized spacial score (nSPS) is 19.8. The largest absolute Gasteiger partial charge is 0.355 e. The Balaban J connectivity index is 1.90. The first kappa shape index (κ1) is 14.8. The third kappa shape index (κ3) is 7.66. The zero-order chi connectivity index (χ0) is 12.5. The second-order valence-corrected chi connectivity index (χ2v) is 6.34. The fourth-order valence-electron chi connectivity index (χ4n) is 1.91. The van der Waals surface area contributed by atoms with Crippen LogP contribution in [0.3, 0.4) is 0 Å². The van der Waals surface area contributed by atoms with Crippen LogP contribution in [0, 0.1) is 11.8 Å². The van der Waals surface area contributed by atoms with Crippen molar-refractivity contribution >= 4 is 17.7 Å². The highest BCUT2D eigenvalue weighted by Crippen LogP contribution is 2.11. The van der Waals surface area contributed by atoms with E-state index in [-0.39, 0.29) is 5.91 Å². The minimum Gasteiger partial charge on any atom is -0.355 e. The third-order valence-corrected chi connectivity index (χ3v) is 4.10. The predicted octanol–water partition coefficient (Wildman–Crippen LogP) is 1.88. The summed E-state index contributed by atoms with van der Waals surface area (Å²) in [5.74, 6) is 3.42. The van der Waals surface area contributed by atoms with Crippen LogP contribution in [0.25, 0.3) is 0 Å². The summed E-state index contributed by atoms with van der Waals surface area (Å²) in [6, 6.07) is 0. The van der Waals surface area contributed by atoms with Crippen molar-refractivity contribution in [1.82, 2.24) is 10.6 Å². The Morgan fingerprint density at radius 2 is 2.35 bits per heavy atom. The molecular weight excluding hydrogens is 232 g/mol. The zero-order valence-electron chi connectivity index (χ0n) is 11.1. The smallest absolute Gasteiger partial charge is 0.229 e. The summed E-state index contributed by atoms with van der Waals surface area (Å²) < 4.78 is 0. The summed E-state index contributed by atoms with van der Waals surface area (Å²) in [6.45, 7) is 7.55. The van der Waals surface area contributed by atoms with Crippen LogP contribution in [0.1, 0.15) is 33.1 Å². The standard InChI is InChI=1S/C13H26N2OS/c1-11(2)5-8-17-10-13(16)15-7-4-12-3-6-14-9-12/h11-12,14H,3-10H2,1-2H3,(H,15,16). The highest BCUT2D eigenvalue weighted by Gasteiger charge is 2.13. The molecule has 1 aliphatic heterocycles. The van der Waals surface area contributed by atoms with Gasteiger partial charge in [0.25, 0.3) is 0 Å². The number of nitrogens with one attached hydrogen (secondary N) is 2. The zero-order valence-corrected chi connectivity index (χ0v) is 11.9. The number of hydrogen-bond donors (Lipinski definition) is 2. The van der Waals surface area contributed by atoms with Gasteiger partial charge in [-0.2, -0.15) is 11.8 Å². The van der Waals surface area contributed by atoms with Gasteiger partial charge in [-0.15, -0.1) is 0 Å². The van der Waals surface area contributed by atoms with E-state index < -0.39 is 0 Å². The molecule has 1 amide bonds. The minimum atomic E-state index is 0.199. The Labute approximate surface area is 109 Å². The van der Waals surface area contributed by atoms with E-state index in [1.54, 1.807) is 11.8 Å². The average Bonchev–Trinajstić information content (AvgIpc) is 2.77. The van der Waals surface area contributed by atoms with Crippen molar-refractivity contribution in [1.29, 1.82) is 0 Å². The van der Waals surface area contributed by atoms with Gasteiger partial charge in [0.15, 0.2) is 0 Å². The molecule has 100 valence electrons. The van der Waals surface area contributed by atoms with E-state index in [9.17, 15) is 4.79 Å². The molecule has 0 aromatic rings. The second kappa shape index (κ2) is 8.81. The van der Waals surface area contributed by atoms with Gasteiger partial charge in [0, 0.05) is 6.54 Å². The first-order valence-electron chi connectivity index (χ1n) is 6.73. The van der Waals surface area contributed by atoms with Gasteiger partial charge in [0.05, 0.1) is 5.75 Å². The van der Waals surface area contributed by atoms with E-state index in [0.29, 0.717) is 5.75 Å². The highest BCUT2D eigenvalue weighted by atomic mass is 32.2. The van der Waals surface area contributed by atoms with Crippen molar-refractivity contribution in [3.8, 4) is 0 Å². The van der Waals surface area contributed by atoms with Crippen LogP contribution in [0.5, 0.6) is 0 Å². The molecule has 0 radical (unpaired) electrons. The van der Waals surface area contributed by atoms with Gasteiger partial charge in [-0.3, -0.25) is 4.79 Å². The van der Waals surface area contributed by atoms with Crippen LogP contribution >= 0.6 is 11.8 Å². The fourth-order valence-corrected chi connectivity index (χ4v) is 2.98. The molecule has 4 heteroatoms. The molecule has 1 unspecified atom stereocenters. The van der Waals surface area contributed by atoms with Crippen LogP contribution in [0.15, 0.2) is 0 Å².